The Morgan fingerprint density at radius 1 is 1.62 bits per heavy atom. The van der Waals surface area contributed by atoms with E-state index in [0.717, 1.165) is 18.5 Å². The average Bonchev–Trinajstić information content (AvgIpc) is 2.19. The summed E-state index contributed by atoms with van der Waals surface area (Å²) < 4.78 is 0. The minimum Gasteiger partial charge on any atom is -0.316 e. The zero-order valence-corrected chi connectivity index (χ0v) is 7.53. The minimum absolute atomic E-state index is 0.652. The molecule has 0 radical (unpaired) electrons. The Labute approximate surface area is 77.5 Å². The summed E-state index contributed by atoms with van der Waals surface area (Å²) >= 11 is 0. The quantitative estimate of drug-likeness (QED) is 0.699. The van der Waals surface area contributed by atoms with E-state index in [1.54, 1.807) is 18.3 Å². The Kier molecular flexibility index (Phi) is 3.85. The van der Waals surface area contributed by atoms with Gasteiger partial charge in [0.25, 0.3) is 0 Å². The summed E-state index contributed by atoms with van der Waals surface area (Å²) in [5.41, 5.74) is 1.46. The lowest BCUT2D eigenvalue weighted by molar-refractivity contribution is 0.112. The summed E-state index contributed by atoms with van der Waals surface area (Å²) in [6, 6.07) is 3.43. The van der Waals surface area contributed by atoms with Gasteiger partial charge in [0.1, 0.15) is 6.29 Å². The highest BCUT2D eigenvalue weighted by molar-refractivity contribution is 5.75. The first-order chi connectivity index (χ1) is 6.36. The number of hydrogen-bond donors (Lipinski definition) is 1. The molecule has 1 rings (SSSR count). The molecule has 68 valence electrons. The van der Waals surface area contributed by atoms with Crippen LogP contribution in [0, 0.1) is 0 Å². The van der Waals surface area contributed by atoms with Crippen LogP contribution >= 0.6 is 0 Å². The predicted octanol–water partition coefficient (Wildman–Crippen LogP) is 1.13. The summed E-state index contributed by atoms with van der Waals surface area (Å²) in [5.74, 6) is 0. The number of nitrogens with one attached hydrogen (secondary N) is 1. The number of hydrogen-bond acceptors (Lipinski definition) is 3. The van der Waals surface area contributed by atoms with Gasteiger partial charge in [-0.05, 0) is 25.3 Å². The summed E-state index contributed by atoms with van der Waals surface area (Å²) in [6.07, 6.45) is 6.28. The molecule has 0 amide bonds. The third-order valence-corrected chi connectivity index (χ3v) is 1.55. The van der Waals surface area contributed by atoms with Gasteiger partial charge in [0.05, 0.1) is 5.69 Å². The molecule has 0 aliphatic carbocycles. The highest BCUT2D eigenvalue weighted by Crippen LogP contribution is 2.00. The molecule has 0 unspecified atom stereocenters. The van der Waals surface area contributed by atoms with Crippen molar-refractivity contribution < 1.29 is 4.79 Å². The van der Waals surface area contributed by atoms with Crippen LogP contribution in [-0.4, -0.2) is 24.9 Å². The number of carbonyl (C=O) groups is 1. The van der Waals surface area contributed by atoms with Crippen LogP contribution in [0.2, 0.25) is 0 Å². The number of nitrogens with zero attached hydrogens (tertiary/aromatic N) is 1. The third kappa shape index (κ3) is 3.17. The van der Waals surface area contributed by atoms with Gasteiger partial charge in [-0.15, -0.1) is 0 Å². The molecule has 0 aromatic carbocycles. The molecule has 0 saturated heterocycles. The standard InChI is InChI=1S/C10H12N2O/c1-11-5-2-3-10-7-9(8-13)4-6-12-10/h2-4,6-8,11H,5H2,1H3. The maximum Gasteiger partial charge on any atom is 0.150 e. The van der Waals surface area contributed by atoms with Crippen LogP contribution in [0.3, 0.4) is 0 Å². The van der Waals surface area contributed by atoms with Gasteiger partial charge in [-0.3, -0.25) is 9.78 Å². The van der Waals surface area contributed by atoms with Crippen LogP contribution in [0.15, 0.2) is 24.4 Å². The number of likely N-dealkylation sites (N-methyl/N-ethyl adjacent to an activating group) is 1. The normalized spacial score (nSPS) is 10.5. The minimum atomic E-state index is 0.652. The van der Waals surface area contributed by atoms with E-state index in [2.05, 4.69) is 10.3 Å². The number of pyridine rings is 1. The lowest BCUT2D eigenvalue weighted by Crippen LogP contribution is -2.03. The Bertz CT molecular complexity index is 308. The second-order valence-electron chi connectivity index (χ2n) is 2.59. The molecular weight excluding hydrogens is 164 g/mol. The predicted molar refractivity (Wildman–Crippen MR) is 52.6 cm³/mol. The van der Waals surface area contributed by atoms with Gasteiger partial charge >= 0.3 is 0 Å². The fraction of sp³-hybridized carbons (Fsp3) is 0.200. The van der Waals surface area contributed by atoms with Crippen molar-refractivity contribution in [1.29, 1.82) is 0 Å². The van der Waals surface area contributed by atoms with E-state index in [9.17, 15) is 4.79 Å². The molecule has 13 heavy (non-hydrogen) atoms. The van der Waals surface area contributed by atoms with Crippen molar-refractivity contribution in [3.63, 3.8) is 0 Å². The fourth-order valence-electron chi connectivity index (χ4n) is 0.928. The summed E-state index contributed by atoms with van der Waals surface area (Å²) in [6.45, 7) is 0.799. The van der Waals surface area contributed by atoms with E-state index in [1.807, 2.05) is 19.2 Å². The molecule has 1 aromatic heterocycles. The van der Waals surface area contributed by atoms with E-state index < -0.39 is 0 Å². The van der Waals surface area contributed by atoms with Crippen LogP contribution < -0.4 is 5.32 Å². The van der Waals surface area contributed by atoms with Crippen LogP contribution in [-0.2, 0) is 0 Å². The number of aromatic nitrogens is 1. The molecule has 0 atom stereocenters. The molecule has 0 bridgehead atoms. The first-order valence-corrected chi connectivity index (χ1v) is 4.09. The molecule has 0 fully saturated rings. The molecule has 0 aliphatic rings. The number of aldehydes is 1. The van der Waals surface area contributed by atoms with Crippen molar-refractivity contribution in [2.45, 2.75) is 0 Å². The van der Waals surface area contributed by atoms with E-state index in [0.29, 0.717) is 5.56 Å². The molecule has 3 heteroatoms. The van der Waals surface area contributed by atoms with Gasteiger partial charge in [-0.2, -0.15) is 0 Å². The van der Waals surface area contributed by atoms with E-state index in [-0.39, 0.29) is 0 Å². The van der Waals surface area contributed by atoms with Gasteiger partial charge in [-0.25, -0.2) is 0 Å². The lowest BCUT2D eigenvalue weighted by Gasteiger charge is -1.93. The van der Waals surface area contributed by atoms with Gasteiger partial charge in [0.15, 0.2) is 0 Å². The number of carbonyl (C=O) groups excluding carboxylic acids is 1. The van der Waals surface area contributed by atoms with Crippen molar-refractivity contribution in [1.82, 2.24) is 10.3 Å². The van der Waals surface area contributed by atoms with E-state index >= 15 is 0 Å². The number of rotatable bonds is 4. The van der Waals surface area contributed by atoms with Crippen LogP contribution in [0.25, 0.3) is 6.08 Å². The van der Waals surface area contributed by atoms with Gasteiger partial charge in [0.2, 0.25) is 0 Å². The molecule has 0 aliphatic heterocycles. The van der Waals surface area contributed by atoms with Gasteiger partial charge in [0, 0.05) is 18.3 Å². The van der Waals surface area contributed by atoms with Crippen LogP contribution in [0.1, 0.15) is 16.1 Å². The molecule has 0 spiro atoms. The smallest absolute Gasteiger partial charge is 0.150 e. The Balaban J connectivity index is 2.71. The first-order valence-electron chi connectivity index (χ1n) is 4.09. The zero-order chi connectivity index (χ0) is 9.52. The summed E-state index contributed by atoms with van der Waals surface area (Å²) in [5, 5.41) is 2.98. The summed E-state index contributed by atoms with van der Waals surface area (Å²) in [7, 11) is 1.87. The van der Waals surface area contributed by atoms with Crippen molar-refractivity contribution in [2.24, 2.45) is 0 Å². The molecule has 0 saturated carbocycles. The fourth-order valence-corrected chi connectivity index (χ4v) is 0.928. The van der Waals surface area contributed by atoms with Crippen LogP contribution in [0.5, 0.6) is 0 Å². The monoisotopic (exact) mass is 176 g/mol. The molecule has 1 heterocycles. The third-order valence-electron chi connectivity index (χ3n) is 1.55. The van der Waals surface area contributed by atoms with Crippen molar-refractivity contribution in [2.75, 3.05) is 13.6 Å². The molecular formula is C10H12N2O. The van der Waals surface area contributed by atoms with Crippen LogP contribution in [0.4, 0.5) is 0 Å². The second-order valence-corrected chi connectivity index (χ2v) is 2.59. The van der Waals surface area contributed by atoms with E-state index in [4.69, 9.17) is 0 Å². The highest BCUT2D eigenvalue weighted by Gasteiger charge is 1.90. The average molecular weight is 176 g/mol. The maximum atomic E-state index is 10.4. The van der Waals surface area contributed by atoms with Gasteiger partial charge in [-0.1, -0.05) is 6.08 Å². The summed E-state index contributed by atoms with van der Waals surface area (Å²) in [4.78, 5) is 14.5. The van der Waals surface area contributed by atoms with Gasteiger partial charge < -0.3 is 5.32 Å². The first kappa shape index (κ1) is 9.61. The largest absolute Gasteiger partial charge is 0.316 e. The second kappa shape index (κ2) is 5.22. The SMILES string of the molecule is CNCC=Cc1cc(C=O)ccn1. The van der Waals surface area contributed by atoms with Crippen molar-refractivity contribution in [3.05, 3.63) is 35.7 Å². The highest BCUT2D eigenvalue weighted by atomic mass is 16.1. The molecule has 1 N–H and O–H groups in total. The topological polar surface area (TPSA) is 42.0 Å². The van der Waals surface area contributed by atoms with E-state index in [1.165, 1.54) is 0 Å². The van der Waals surface area contributed by atoms with Crippen molar-refractivity contribution >= 4 is 12.4 Å². The van der Waals surface area contributed by atoms with Crippen molar-refractivity contribution in [3.8, 4) is 0 Å². The molecule has 1 aromatic rings. The Hall–Kier alpha value is -1.48. The zero-order valence-electron chi connectivity index (χ0n) is 7.53. The Morgan fingerprint density at radius 2 is 2.46 bits per heavy atom. The maximum absolute atomic E-state index is 10.4. The molecule has 3 nitrogen and oxygen atoms in total. The Morgan fingerprint density at radius 3 is 3.15 bits per heavy atom. The lowest BCUT2D eigenvalue weighted by atomic mass is 10.2.